The van der Waals surface area contributed by atoms with Gasteiger partial charge in [-0.1, -0.05) is 18.2 Å². The Kier molecular flexibility index (Phi) is 4.76. The Morgan fingerprint density at radius 3 is 2.75 bits per heavy atom. The van der Waals surface area contributed by atoms with Crippen LogP contribution < -0.4 is 10.2 Å². The first-order valence-corrected chi connectivity index (χ1v) is 12.9. The third-order valence-corrected chi connectivity index (χ3v) is 8.82. The van der Waals surface area contributed by atoms with Gasteiger partial charge in [-0.2, -0.15) is 4.98 Å². The van der Waals surface area contributed by atoms with Gasteiger partial charge in [-0.3, -0.25) is 4.21 Å². The number of aliphatic hydroxyl groups excluding tert-OH is 1. The number of hydrogen-bond acceptors (Lipinski definition) is 6. The van der Waals surface area contributed by atoms with Crippen molar-refractivity contribution >= 4 is 33.5 Å². The Morgan fingerprint density at radius 1 is 1.22 bits per heavy atom. The number of para-hydroxylation sites is 1. The molecule has 0 amide bonds. The smallest absolute Gasteiger partial charge is 0.227 e. The molecule has 1 atom stereocenters. The second-order valence-corrected chi connectivity index (χ2v) is 11.0. The fourth-order valence-electron chi connectivity index (χ4n) is 5.22. The van der Waals surface area contributed by atoms with E-state index in [4.69, 9.17) is 9.97 Å². The second kappa shape index (κ2) is 7.56. The zero-order valence-corrected chi connectivity index (χ0v) is 19.2. The van der Waals surface area contributed by atoms with Crippen LogP contribution in [-0.2, 0) is 24.3 Å². The maximum atomic E-state index is 12.6. The van der Waals surface area contributed by atoms with Gasteiger partial charge in [0.05, 0.1) is 28.6 Å². The van der Waals surface area contributed by atoms with Gasteiger partial charge in [0.2, 0.25) is 5.95 Å². The number of benzene rings is 1. The molecule has 1 aliphatic carbocycles. The molecule has 2 aliphatic heterocycles. The number of anilines is 2. The van der Waals surface area contributed by atoms with Gasteiger partial charge in [-0.05, 0) is 43.2 Å². The van der Waals surface area contributed by atoms with Gasteiger partial charge in [-0.25, -0.2) is 4.98 Å². The van der Waals surface area contributed by atoms with Gasteiger partial charge >= 0.3 is 0 Å². The number of aryl methyl sites for hydroxylation is 2. The number of piperidine rings is 1. The maximum Gasteiger partial charge on any atom is 0.227 e. The quantitative estimate of drug-likeness (QED) is 0.621. The second-order valence-electron chi connectivity index (χ2n) is 9.48. The normalized spacial score (nSPS) is 22.3. The van der Waals surface area contributed by atoms with Gasteiger partial charge in [0, 0.05) is 49.4 Å². The van der Waals surface area contributed by atoms with E-state index >= 15 is 0 Å². The standard InChI is InChI=1S/C24H29N5O2S/c1-28-14-18(17-4-2-3-5-20(17)28)16-6-11-29(12-7-16)23-25-19-8-13-32(31)21(19)22(26-23)27-24(15-30)9-10-24/h2-5,14,16,30H,6-13,15H2,1H3,(H,25,26,27). The van der Waals surface area contributed by atoms with Crippen molar-refractivity contribution in [1.82, 2.24) is 14.5 Å². The highest BCUT2D eigenvalue weighted by Crippen LogP contribution is 2.41. The molecule has 4 heterocycles. The molecule has 2 fully saturated rings. The highest BCUT2D eigenvalue weighted by Gasteiger charge is 2.44. The average molecular weight is 452 g/mol. The molecule has 1 unspecified atom stereocenters. The van der Waals surface area contributed by atoms with E-state index in [9.17, 15) is 9.32 Å². The van der Waals surface area contributed by atoms with E-state index in [1.165, 1.54) is 16.5 Å². The summed E-state index contributed by atoms with van der Waals surface area (Å²) in [6, 6.07) is 8.63. The monoisotopic (exact) mass is 451 g/mol. The van der Waals surface area contributed by atoms with Crippen molar-refractivity contribution < 1.29 is 9.32 Å². The van der Waals surface area contributed by atoms with Gasteiger partial charge in [-0.15, -0.1) is 0 Å². The third-order valence-electron chi connectivity index (χ3n) is 7.36. The molecule has 0 bridgehead atoms. The van der Waals surface area contributed by atoms with E-state index in [1.54, 1.807) is 0 Å². The number of rotatable bonds is 5. The summed E-state index contributed by atoms with van der Waals surface area (Å²) in [5.74, 6) is 2.54. The van der Waals surface area contributed by atoms with Crippen LogP contribution in [0.4, 0.5) is 11.8 Å². The van der Waals surface area contributed by atoms with Gasteiger partial charge in [0.15, 0.2) is 0 Å². The van der Waals surface area contributed by atoms with Crippen LogP contribution in [0.5, 0.6) is 0 Å². The minimum absolute atomic E-state index is 0.0736. The molecule has 8 heteroatoms. The lowest BCUT2D eigenvalue weighted by Gasteiger charge is -2.32. The summed E-state index contributed by atoms with van der Waals surface area (Å²) in [6.45, 7) is 1.88. The van der Waals surface area contributed by atoms with Crippen LogP contribution in [0.3, 0.4) is 0 Å². The molecule has 2 N–H and O–H groups in total. The summed E-state index contributed by atoms with van der Waals surface area (Å²) in [5.41, 5.74) is 3.33. The van der Waals surface area contributed by atoms with E-state index in [2.05, 4.69) is 52.3 Å². The Morgan fingerprint density at radius 2 is 2.00 bits per heavy atom. The summed E-state index contributed by atoms with van der Waals surface area (Å²) < 4.78 is 14.8. The van der Waals surface area contributed by atoms with Crippen LogP contribution in [0.1, 0.15) is 42.9 Å². The predicted octanol–water partition coefficient (Wildman–Crippen LogP) is 2.95. The Bertz CT molecular complexity index is 1210. The first-order valence-electron chi connectivity index (χ1n) is 11.5. The summed E-state index contributed by atoms with van der Waals surface area (Å²) >= 11 is 0. The molecule has 1 aromatic carbocycles. The molecule has 6 rings (SSSR count). The summed E-state index contributed by atoms with van der Waals surface area (Å²) in [5, 5.41) is 14.6. The van der Waals surface area contributed by atoms with Crippen LogP contribution >= 0.6 is 0 Å². The molecular formula is C24H29N5O2S. The lowest BCUT2D eigenvalue weighted by Crippen LogP contribution is -2.35. The molecule has 2 aromatic heterocycles. The van der Waals surface area contributed by atoms with Gasteiger partial charge in [0.1, 0.15) is 10.7 Å². The average Bonchev–Trinajstić information content (AvgIpc) is 3.38. The van der Waals surface area contributed by atoms with E-state index < -0.39 is 10.8 Å². The number of nitrogens with one attached hydrogen (secondary N) is 1. The van der Waals surface area contributed by atoms with E-state index in [-0.39, 0.29) is 12.1 Å². The number of hydrogen-bond donors (Lipinski definition) is 2. The van der Waals surface area contributed by atoms with Gasteiger partial charge < -0.3 is 19.9 Å². The fraction of sp³-hybridized carbons (Fsp3) is 0.500. The summed E-state index contributed by atoms with van der Waals surface area (Å²) in [7, 11) is 1.06. The van der Waals surface area contributed by atoms with Crippen LogP contribution in [-0.4, -0.2) is 54.8 Å². The largest absolute Gasteiger partial charge is 0.394 e. The lowest BCUT2D eigenvalue weighted by molar-refractivity contribution is 0.265. The molecule has 1 saturated heterocycles. The first kappa shape index (κ1) is 20.2. The van der Waals surface area contributed by atoms with Crippen LogP contribution in [0, 0.1) is 0 Å². The zero-order valence-electron chi connectivity index (χ0n) is 18.4. The van der Waals surface area contributed by atoms with Crippen LogP contribution in [0.25, 0.3) is 10.9 Å². The third kappa shape index (κ3) is 3.31. The van der Waals surface area contributed by atoms with Crippen molar-refractivity contribution in [3.05, 3.63) is 41.7 Å². The number of aromatic nitrogens is 3. The Balaban J connectivity index is 1.25. The summed E-state index contributed by atoms with van der Waals surface area (Å²) in [6.07, 6.45) is 6.97. The fourth-order valence-corrected chi connectivity index (χ4v) is 6.53. The molecule has 7 nitrogen and oxygen atoms in total. The predicted molar refractivity (Wildman–Crippen MR) is 127 cm³/mol. The van der Waals surface area contributed by atoms with Crippen molar-refractivity contribution in [3.8, 4) is 0 Å². The van der Waals surface area contributed by atoms with E-state index in [0.717, 1.165) is 61.7 Å². The Labute approximate surface area is 190 Å². The van der Waals surface area contributed by atoms with Crippen molar-refractivity contribution in [2.24, 2.45) is 7.05 Å². The maximum absolute atomic E-state index is 12.6. The molecule has 0 radical (unpaired) electrons. The van der Waals surface area contributed by atoms with Crippen molar-refractivity contribution in [2.45, 2.75) is 48.5 Å². The highest BCUT2D eigenvalue weighted by atomic mass is 32.2. The summed E-state index contributed by atoms with van der Waals surface area (Å²) in [4.78, 5) is 12.7. The SMILES string of the molecule is Cn1cc(C2CCN(c3nc4c(c(NC5(CO)CC5)n3)S(=O)CC4)CC2)c2ccccc21. The number of fused-ring (bicyclic) bond motifs is 2. The van der Waals surface area contributed by atoms with Crippen LogP contribution in [0.15, 0.2) is 35.4 Å². The minimum Gasteiger partial charge on any atom is -0.394 e. The van der Waals surface area contributed by atoms with Crippen molar-refractivity contribution in [2.75, 3.05) is 35.7 Å². The molecule has 3 aliphatic rings. The lowest BCUT2D eigenvalue weighted by atomic mass is 9.89. The zero-order chi connectivity index (χ0) is 21.9. The minimum atomic E-state index is -1.06. The van der Waals surface area contributed by atoms with E-state index in [0.29, 0.717) is 17.5 Å². The Hall–Kier alpha value is -2.45. The van der Waals surface area contributed by atoms with Crippen LogP contribution in [0.2, 0.25) is 0 Å². The molecule has 3 aromatic rings. The molecular weight excluding hydrogens is 422 g/mol. The van der Waals surface area contributed by atoms with E-state index in [1.807, 2.05) is 0 Å². The highest BCUT2D eigenvalue weighted by molar-refractivity contribution is 7.85. The van der Waals surface area contributed by atoms with Gasteiger partial charge in [0.25, 0.3) is 0 Å². The number of aliphatic hydroxyl groups is 1. The topological polar surface area (TPSA) is 83.3 Å². The van der Waals surface area contributed by atoms with Crippen molar-refractivity contribution in [3.63, 3.8) is 0 Å². The molecule has 1 saturated carbocycles. The van der Waals surface area contributed by atoms with Crippen molar-refractivity contribution in [1.29, 1.82) is 0 Å². The number of nitrogens with zero attached hydrogens (tertiary/aromatic N) is 4. The molecule has 32 heavy (non-hydrogen) atoms. The molecule has 0 spiro atoms. The first-order chi connectivity index (χ1) is 15.6. The molecule has 168 valence electrons.